The van der Waals surface area contributed by atoms with Gasteiger partial charge in [-0.15, -0.1) is 0 Å². The maximum atomic E-state index is 13.5. The Balaban J connectivity index is 1.57. The topological polar surface area (TPSA) is 57.7 Å². The molecule has 0 aliphatic carbocycles. The average molecular weight is 455 g/mol. The molecule has 1 heterocycles. The highest BCUT2D eigenvalue weighted by atomic mass is 16.2. The van der Waals surface area contributed by atoms with E-state index in [-0.39, 0.29) is 30.6 Å². The Hall–Kier alpha value is -3.73. The molecule has 3 amide bonds. The molecule has 1 fully saturated rings. The summed E-state index contributed by atoms with van der Waals surface area (Å²) in [6, 6.07) is 26.1. The zero-order valence-electron chi connectivity index (χ0n) is 19.7. The molecule has 4 rings (SSSR count). The summed E-state index contributed by atoms with van der Waals surface area (Å²) in [6.07, 6.45) is 0.805. The summed E-state index contributed by atoms with van der Waals surface area (Å²) < 4.78 is 0. The molecule has 3 aromatic carbocycles. The zero-order chi connectivity index (χ0) is 24.1. The molecular formula is C29H30N2O3. The fraction of sp³-hybridized carbons (Fsp3) is 0.276. The molecule has 1 aliphatic rings. The predicted molar refractivity (Wildman–Crippen MR) is 133 cm³/mol. The molecule has 3 aromatic rings. The van der Waals surface area contributed by atoms with E-state index in [0.29, 0.717) is 24.6 Å². The lowest BCUT2D eigenvalue weighted by Crippen LogP contribution is -2.47. The van der Waals surface area contributed by atoms with Crippen LogP contribution in [0.2, 0.25) is 0 Å². The minimum absolute atomic E-state index is 0.0000840. The van der Waals surface area contributed by atoms with Crippen LogP contribution in [0.4, 0.5) is 5.69 Å². The SMILES string of the molecule is CC(C)c1ccc(N2C(=O)CC(N(CCc3ccccc3)C(=O)Cc3ccccc3)C2=O)cc1. The Labute approximate surface area is 201 Å². The Bertz CT molecular complexity index is 1140. The van der Waals surface area contributed by atoms with Crippen molar-refractivity contribution in [3.8, 4) is 0 Å². The van der Waals surface area contributed by atoms with Crippen LogP contribution >= 0.6 is 0 Å². The van der Waals surface area contributed by atoms with Crippen molar-refractivity contribution >= 4 is 23.4 Å². The number of carbonyl (C=O) groups is 3. The fourth-order valence-corrected chi connectivity index (χ4v) is 4.36. The summed E-state index contributed by atoms with van der Waals surface area (Å²) in [5.74, 6) is -0.401. The summed E-state index contributed by atoms with van der Waals surface area (Å²) in [5.41, 5.74) is 3.66. The number of carbonyl (C=O) groups excluding carboxylic acids is 3. The third kappa shape index (κ3) is 5.25. The van der Waals surface area contributed by atoms with Gasteiger partial charge in [0.2, 0.25) is 11.8 Å². The van der Waals surface area contributed by atoms with E-state index >= 15 is 0 Å². The Morgan fingerprint density at radius 1 is 0.882 bits per heavy atom. The van der Waals surface area contributed by atoms with Crippen molar-refractivity contribution in [1.29, 1.82) is 0 Å². The third-order valence-electron chi connectivity index (χ3n) is 6.32. The van der Waals surface area contributed by atoms with Crippen molar-refractivity contribution < 1.29 is 14.4 Å². The van der Waals surface area contributed by atoms with Gasteiger partial charge in [0.25, 0.3) is 5.91 Å². The van der Waals surface area contributed by atoms with Crippen molar-refractivity contribution in [2.24, 2.45) is 0 Å². The van der Waals surface area contributed by atoms with Gasteiger partial charge in [-0.1, -0.05) is 86.6 Å². The van der Waals surface area contributed by atoms with Gasteiger partial charge in [0, 0.05) is 6.54 Å². The Morgan fingerprint density at radius 2 is 1.47 bits per heavy atom. The molecule has 1 unspecified atom stereocenters. The molecule has 0 saturated carbocycles. The van der Waals surface area contributed by atoms with Crippen LogP contribution in [0.15, 0.2) is 84.9 Å². The Morgan fingerprint density at radius 3 is 2.06 bits per heavy atom. The lowest BCUT2D eigenvalue weighted by molar-refractivity contribution is -0.137. The number of benzene rings is 3. The second kappa shape index (κ2) is 10.5. The largest absolute Gasteiger partial charge is 0.329 e. The molecule has 0 spiro atoms. The molecule has 0 N–H and O–H groups in total. The van der Waals surface area contributed by atoms with Crippen molar-refractivity contribution in [2.75, 3.05) is 11.4 Å². The van der Waals surface area contributed by atoms with Gasteiger partial charge in [-0.25, -0.2) is 4.90 Å². The third-order valence-corrected chi connectivity index (χ3v) is 6.32. The molecule has 0 radical (unpaired) electrons. The van der Waals surface area contributed by atoms with Gasteiger partial charge in [-0.2, -0.15) is 0 Å². The van der Waals surface area contributed by atoms with E-state index in [2.05, 4.69) is 13.8 Å². The first-order chi connectivity index (χ1) is 16.4. The van der Waals surface area contributed by atoms with E-state index in [4.69, 9.17) is 0 Å². The molecule has 1 aliphatic heterocycles. The second-order valence-corrected chi connectivity index (χ2v) is 9.02. The molecule has 0 bridgehead atoms. The normalized spacial score (nSPS) is 15.7. The number of imide groups is 1. The zero-order valence-corrected chi connectivity index (χ0v) is 19.7. The summed E-state index contributed by atoms with van der Waals surface area (Å²) in [5, 5.41) is 0. The van der Waals surface area contributed by atoms with E-state index in [9.17, 15) is 14.4 Å². The fourth-order valence-electron chi connectivity index (χ4n) is 4.36. The molecule has 1 atom stereocenters. The van der Waals surface area contributed by atoms with Crippen molar-refractivity contribution in [1.82, 2.24) is 4.90 Å². The number of anilines is 1. The van der Waals surface area contributed by atoms with Crippen LogP contribution in [0.25, 0.3) is 0 Å². The first-order valence-electron chi connectivity index (χ1n) is 11.8. The smallest absolute Gasteiger partial charge is 0.257 e. The highest BCUT2D eigenvalue weighted by Gasteiger charge is 2.44. The van der Waals surface area contributed by atoms with Crippen molar-refractivity contribution in [3.05, 3.63) is 102 Å². The molecule has 34 heavy (non-hydrogen) atoms. The number of hydrogen-bond donors (Lipinski definition) is 0. The standard InChI is InChI=1S/C29H30N2O3/c1-21(2)24-13-15-25(16-14-24)31-28(33)20-26(29(31)34)30(18-17-22-9-5-3-6-10-22)27(32)19-23-11-7-4-8-12-23/h3-16,21,26H,17-20H2,1-2H3. The molecule has 5 heteroatoms. The average Bonchev–Trinajstić information content (AvgIpc) is 3.14. The Kier molecular flexibility index (Phi) is 7.21. The first kappa shape index (κ1) is 23.4. The molecular weight excluding hydrogens is 424 g/mol. The maximum Gasteiger partial charge on any atom is 0.257 e. The van der Waals surface area contributed by atoms with Crippen molar-refractivity contribution in [2.45, 2.75) is 45.1 Å². The van der Waals surface area contributed by atoms with Gasteiger partial charge in [0.15, 0.2) is 0 Å². The summed E-state index contributed by atoms with van der Waals surface area (Å²) in [7, 11) is 0. The van der Waals surface area contributed by atoms with Crippen LogP contribution in [0, 0.1) is 0 Å². The van der Waals surface area contributed by atoms with E-state index in [1.807, 2.05) is 84.9 Å². The number of nitrogens with zero attached hydrogens (tertiary/aromatic N) is 2. The van der Waals surface area contributed by atoms with Gasteiger partial charge in [0.05, 0.1) is 18.5 Å². The van der Waals surface area contributed by atoms with Gasteiger partial charge in [-0.3, -0.25) is 14.4 Å². The summed E-state index contributed by atoms with van der Waals surface area (Å²) in [6.45, 7) is 4.57. The maximum absolute atomic E-state index is 13.5. The summed E-state index contributed by atoms with van der Waals surface area (Å²) >= 11 is 0. The van der Waals surface area contributed by atoms with Crippen LogP contribution < -0.4 is 4.90 Å². The quantitative estimate of drug-likeness (QED) is 0.461. The molecule has 5 nitrogen and oxygen atoms in total. The number of amides is 3. The molecule has 174 valence electrons. The molecule has 1 saturated heterocycles. The predicted octanol–water partition coefficient (Wildman–Crippen LogP) is 4.76. The van der Waals surface area contributed by atoms with Gasteiger partial charge < -0.3 is 4.90 Å². The van der Waals surface area contributed by atoms with Crippen LogP contribution in [0.1, 0.15) is 42.9 Å². The van der Waals surface area contributed by atoms with Crippen molar-refractivity contribution in [3.63, 3.8) is 0 Å². The van der Waals surface area contributed by atoms with Crippen LogP contribution in [-0.2, 0) is 27.2 Å². The van der Waals surface area contributed by atoms with E-state index in [0.717, 1.165) is 16.7 Å². The monoisotopic (exact) mass is 454 g/mol. The van der Waals surface area contributed by atoms with Crippen LogP contribution in [0.3, 0.4) is 0 Å². The van der Waals surface area contributed by atoms with Crippen LogP contribution in [0.5, 0.6) is 0 Å². The number of hydrogen-bond acceptors (Lipinski definition) is 3. The first-order valence-corrected chi connectivity index (χ1v) is 11.8. The van der Waals surface area contributed by atoms with Gasteiger partial charge in [-0.05, 0) is 41.2 Å². The van der Waals surface area contributed by atoms with E-state index in [1.165, 1.54) is 4.90 Å². The lowest BCUT2D eigenvalue weighted by atomic mass is 10.0. The van der Waals surface area contributed by atoms with Gasteiger partial charge in [0.1, 0.15) is 6.04 Å². The minimum Gasteiger partial charge on any atom is -0.329 e. The number of rotatable bonds is 8. The lowest BCUT2D eigenvalue weighted by Gasteiger charge is -2.28. The molecule has 0 aromatic heterocycles. The highest BCUT2D eigenvalue weighted by molar-refractivity contribution is 6.23. The van der Waals surface area contributed by atoms with E-state index < -0.39 is 6.04 Å². The van der Waals surface area contributed by atoms with Gasteiger partial charge >= 0.3 is 0 Å². The van der Waals surface area contributed by atoms with E-state index in [1.54, 1.807) is 4.90 Å². The van der Waals surface area contributed by atoms with Crippen LogP contribution in [-0.4, -0.2) is 35.2 Å². The second-order valence-electron chi connectivity index (χ2n) is 9.02. The minimum atomic E-state index is -0.794. The highest BCUT2D eigenvalue weighted by Crippen LogP contribution is 2.28. The summed E-state index contributed by atoms with van der Waals surface area (Å²) in [4.78, 5) is 42.6.